The number of amides is 2. The van der Waals surface area contributed by atoms with Crippen LogP contribution in [0.15, 0.2) is 18.2 Å². The topological polar surface area (TPSA) is 52.7 Å². The molecular formula is C19H26ClN3O2. The first-order valence-electron chi connectivity index (χ1n) is 9.12. The maximum atomic E-state index is 12.7. The van der Waals surface area contributed by atoms with E-state index in [1.54, 1.807) is 0 Å². The molecule has 0 aromatic heterocycles. The minimum Gasteiger partial charge on any atom is -0.352 e. The molecule has 0 unspecified atom stereocenters. The van der Waals surface area contributed by atoms with Gasteiger partial charge in [-0.15, -0.1) is 12.4 Å². The third-order valence-corrected chi connectivity index (χ3v) is 5.31. The summed E-state index contributed by atoms with van der Waals surface area (Å²) in [5, 5.41) is 3.02. The number of carbonyl (C=O) groups excluding carboxylic acids is 2. The molecule has 1 aromatic carbocycles. The molecule has 0 atom stereocenters. The number of fused-ring (bicyclic) bond motifs is 1. The van der Waals surface area contributed by atoms with Crippen LogP contribution >= 0.6 is 12.4 Å². The van der Waals surface area contributed by atoms with Crippen LogP contribution in [-0.4, -0.2) is 60.4 Å². The molecule has 1 N–H and O–H groups in total. The largest absolute Gasteiger partial charge is 0.352 e. The highest BCUT2D eigenvalue weighted by atomic mass is 35.5. The molecule has 3 aliphatic rings. The van der Waals surface area contributed by atoms with Crippen LogP contribution in [0.25, 0.3) is 0 Å². The fourth-order valence-corrected chi connectivity index (χ4v) is 3.70. The number of nitrogens with zero attached hydrogens (tertiary/aromatic N) is 2. The van der Waals surface area contributed by atoms with Gasteiger partial charge in [0.15, 0.2) is 0 Å². The van der Waals surface area contributed by atoms with Gasteiger partial charge in [0, 0.05) is 37.8 Å². The number of benzene rings is 1. The lowest BCUT2D eigenvalue weighted by molar-refractivity contribution is -0.122. The van der Waals surface area contributed by atoms with Crippen molar-refractivity contribution in [3.8, 4) is 0 Å². The highest BCUT2D eigenvalue weighted by Crippen LogP contribution is 2.23. The minimum absolute atomic E-state index is 0. The van der Waals surface area contributed by atoms with Crippen molar-refractivity contribution in [3.05, 3.63) is 34.9 Å². The summed E-state index contributed by atoms with van der Waals surface area (Å²) in [6.07, 6.45) is 5.68. The van der Waals surface area contributed by atoms with E-state index in [9.17, 15) is 9.59 Å². The quantitative estimate of drug-likeness (QED) is 0.884. The molecule has 2 aliphatic carbocycles. The van der Waals surface area contributed by atoms with Crippen molar-refractivity contribution in [2.45, 2.75) is 38.1 Å². The van der Waals surface area contributed by atoms with Crippen LogP contribution in [0.4, 0.5) is 0 Å². The summed E-state index contributed by atoms with van der Waals surface area (Å²) in [6.45, 7) is 3.40. The number of hydrogen-bond acceptors (Lipinski definition) is 3. The SMILES string of the molecule is Cl.O=C(CN1CCN(C(=O)c2ccc3c(c2)CCC3)CC1)NC1CC1. The van der Waals surface area contributed by atoms with Crippen LogP contribution in [0, 0.1) is 0 Å². The summed E-state index contributed by atoms with van der Waals surface area (Å²) in [5.41, 5.74) is 3.56. The number of rotatable bonds is 4. The summed E-state index contributed by atoms with van der Waals surface area (Å²) in [4.78, 5) is 28.6. The van der Waals surface area contributed by atoms with Crippen LogP contribution in [-0.2, 0) is 17.6 Å². The van der Waals surface area contributed by atoms with Gasteiger partial charge >= 0.3 is 0 Å². The molecule has 1 aliphatic heterocycles. The lowest BCUT2D eigenvalue weighted by atomic mass is 10.1. The van der Waals surface area contributed by atoms with E-state index in [2.05, 4.69) is 22.3 Å². The summed E-state index contributed by atoms with van der Waals surface area (Å²) in [6, 6.07) is 6.59. The zero-order valence-electron chi connectivity index (χ0n) is 14.5. The van der Waals surface area contributed by atoms with E-state index >= 15 is 0 Å². The van der Waals surface area contributed by atoms with Crippen molar-refractivity contribution in [1.82, 2.24) is 15.1 Å². The molecule has 5 nitrogen and oxygen atoms in total. The van der Waals surface area contributed by atoms with Gasteiger partial charge in [0.05, 0.1) is 6.54 Å². The average molecular weight is 364 g/mol. The molecule has 1 aromatic rings. The molecule has 0 spiro atoms. The molecular weight excluding hydrogens is 338 g/mol. The van der Waals surface area contributed by atoms with Crippen molar-refractivity contribution < 1.29 is 9.59 Å². The molecule has 4 rings (SSSR count). The number of carbonyl (C=O) groups is 2. The average Bonchev–Trinajstić information content (AvgIpc) is 3.27. The molecule has 0 radical (unpaired) electrons. The van der Waals surface area contributed by atoms with Gasteiger partial charge in [-0.25, -0.2) is 0 Å². The smallest absolute Gasteiger partial charge is 0.253 e. The third kappa shape index (κ3) is 4.33. The summed E-state index contributed by atoms with van der Waals surface area (Å²) < 4.78 is 0. The van der Waals surface area contributed by atoms with Crippen molar-refractivity contribution in [1.29, 1.82) is 0 Å². The Labute approximate surface area is 155 Å². The number of aryl methyl sites for hydroxylation is 2. The Hall–Kier alpha value is -1.59. The summed E-state index contributed by atoms with van der Waals surface area (Å²) in [5.74, 6) is 0.252. The van der Waals surface area contributed by atoms with Crippen LogP contribution in [0.1, 0.15) is 40.7 Å². The molecule has 6 heteroatoms. The van der Waals surface area contributed by atoms with Gasteiger partial charge in [-0.2, -0.15) is 0 Å². The Balaban J connectivity index is 0.00000182. The highest BCUT2D eigenvalue weighted by Gasteiger charge is 2.27. The highest BCUT2D eigenvalue weighted by molar-refractivity contribution is 5.94. The molecule has 2 fully saturated rings. The van der Waals surface area contributed by atoms with E-state index in [1.165, 1.54) is 17.5 Å². The van der Waals surface area contributed by atoms with Crippen molar-refractivity contribution in [3.63, 3.8) is 0 Å². The lowest BCUT2D eigenvalue weighted by Crippen LogP contribution is -2.51. The zero-order valence-corrected chi connectivity index (χ0v) is 15.3. The number of halogens is 1. The van der Waals surface area contributed by atoms with Crippen molar-refractivity contribution in [2.24, 2.45) is 0 Å². The Morgan fingerprint density at radius 3 is 2.48 bits per heavy atom. The molecule has 0 bridgehead atoms. The lowest BCUT2D eigenvalue weighted by Gasteiger charge is -2.34. The summed E-state index contributed by atoms with van der Waals surface area (Å²) >= 11 is 0. The van der Waals surface area contributed by atoms with E-state index in [0.29, 0.717) is 25.7 Å². The van der Waals surface area contributed by atoms with E-state index in [1.807, 2.05) is 11.0 Å². The van der Waals surface area contributed by atoms with Gasteiger partial charge < -0.3 is 10.2 Å². The Kier molecular flexibility index (Phi) is 5.64. The first-order valence-corrected chi connectivity index (χ1v) is 9.12. The molecule has 1 saturated carbocycles. The normalized spacial score (nSPS) is 19.9. The second-order valence-electron chi connectivity index (χ2n) is 7.25. The fourth-order valence-electron chi connectivity index (χ4n) is 3.70. The van der Waals surface area contributed by atoms with E-state index in [4.69, 9.17) is 0 Å². The molecule has 1 heterocycles. The van der Waals surface area contributed by atoms with E-state index in [-0.39, 0.29) is 24.2 Å². The van der Waals surface area contributed by atoms with Gasteiger partial charge in [-0.3, -0.25) is 14.5 Å². The predicted molar refractivity (Wildman–Crippen MR) is 99.2 cm³/mol. The maximum Gasteiger partial charge on any atom is 0.253 e. The van der Waals surface area contributed by atoms with Gasteiger partial charge in [0.25, 0.3) is 5.91 Å². The molecule has 1 saturated heterocycles. The minimum atomic E-state index is 0. The summed E-state index contributed by atoms with van der Waals surface area (Å²) in [7, 11) is 0. The standard InChI is InChI=1S/C19H25N3O2.ClH/c23-18(20-17-6-7-17)13-21-8-10-22(11-9-21)19(24)16-5-4-14-2-1-3-15(14)12-16;/h4-5,12,17H,1-3,6-11,13H2,(H,20,23);1H. The van der Waals surface area contributed by atoms with Crippen LogP contribution in [0.2, 0.25) is 0 Å². The number of nitrogens with one attached hydrogen (secondary N) is 1. The van der Waals surface area contributed by atoms with Crippen LogP contribution in [0.3, 0.4) is 0 Å². The third-order valence-electron chi connectivity index (χ3n) is 5.31. The second kappa shape index (κ2) is 7.75. The molecule has 136 valence electrons. The predicted octanol–water partition coefficient (Wildman–Crippen LogP) is 1.63. The Bertz CT molecular complexity index is 652. The second-order valence-corrected chi connectivity index (χ2v) is 7.25. The number of piperazine rings is 1. The van der Waals surface area contributed by atoms with Crippen molar-refractivity contribution in [2.75, 3.05) is 32.7 Å². The van der Waals surface area contributed by atoms with Gasteiger partial charge in [0.1, 0.15) is 0 Å². The molecule has 25 heavy (non-hydrogen) atoms. The van der Waals surface area contributed by atoms with Crippen molar-refractivity contribution >= 4 is 24.2 Å². The molecule has 2 amide bonds. The monoisotopic (exact) mass is 363 g/mol. The maximum absolute atomic E-state index is 12.7. The van der Waals surface area contributed by atoms with Gasteiger partial charge in [-0.1, -0.05) is 6.07 Å². The van der Waals surface area contributed by atoms with Gasteiger partial charge in [0.2, 0.25) is 5.91 Å². The number of hydrogen-bond donors (Lipinski definition) is 1. The first-order chi connectivity index (χ1) is 11.7. The Morgan fingerprint density at radius 1 is 1.04 bits per heavy atom. The Morgan fingerprint density at radius 2 is 1.76 bits per heavy atom. The van der Waals surface area contributed by atoms with Gasteiger partial charge in [-0.05, 0) is 55.4 Å². The zero-order chi connectivity index (χ0) is 16.5. The first kappa shape index (κ1) is 18.2. The van der Waals surface area contributed by atoms with E-state index < -0.39 is 0 Å². The van der Waals surface area contributed by atoms with Crippen LogP contribution in [0.5, 0.6) is 0 Å². The van der Waals surface area contributed by atoms with E-state index in [0.717, 1.165) is 44.3 Å². The van der Waals surface area contributed by atoms with Crippen LogP contribution < -0.4 is 5.32 Å². The fraction of sp³-hybridized carbons (Fsp3) is 0.579.